The van der Waals surface area contributed by atoms with Gasteiger partial charge in [-0.25, -0.2) is 4.79 Å². The lowest BCUT2D eigenvalue weighted by Crippen LogP contribution is -2.07. The monoisotopic (exact) mass is 432 g/mol. The lowest BCUT2D eigenvalue weighted by atomic mass is 10.1. The highest BCUT2D eigenvalue weighted by molar-refractivity contribution is 9.11. The number of nitrogen functional groups attached to an aromatic ring is 1. The Labute approximate surface area is 143 Å². The fourth-order valence-electron chi connectivity index (χ4n) is 1.75. The Morgan fingerprint density at radius 1 is 1.29 bits per heavy atom. The topological polar surface area (TPSA) is 64.3 Å². The highest BCUT2D eigenvalue weighted by Crippen LogP contribution is 2.35. The van der Waals surface area contributed by atoms with Gasteiger partial charge in [-0.2, -0.15) is 0 Å². The van der Waals surface area contributed by atoms with Crippen LogP contribution in [0.5, 0.6) is 0 Å². The summed E-state index contributed by atoms with van der Waals surface area (Å²) in [5.41, 5.74) is 7.58. The van der Waals surface area contributed by atoms with Crippen LogP contribution in [0.25, 0.3) is 0 Å². The van der Waals surface area contributed by atoms with E-state index in [4.69, 9.17) is 22.1 Å². The Bertz CT molecular complexity index is 708. The van der Waals surface area contributed by atoms with Gasteiger partial charge in [0.2, 0.25) is 0 Å². The Morgan fingerprint density at radius 3 is 2.67 bits per heavy atom. The molecule has 0 aromatic heterocycles. The SMILES string of the molecule is COC(=O)c1cc(N)cc(Cl)c1Nc1cc(Br)ccc1Br. The maximum absolute atomic E-state index is 11.9. The summed E-state index contributed by atoms with van der Waals surface area (Å²) in [6.45, 7) is 0. The average molecular weight is 435 g/mol. The second kappa shape index (κ2) is 6.68. The van der Waals surface area contributed by atoms with Gasteiger partial charge >= 0.3 is 5.97 Å². The summed E-state index contributed by atoms with van der Waals surface area (Å²) in [7, 11) is 1.30. The Hall–Kier alpha value is -1.24. The summed E-state index contributed by atoms with van der Waals surface area (Å²) in [4.78, 5) is 11.9. The van der Waals surface area contributed by atoms with Crippen LogP contribution in [-0.2, 0) is 4.74 Å². The first kappa shape index (κ1) is 16.1. The third-order valence-electron chi connectivity index (χ3n) is 2.71. The zero-order valence-corrected chi connectivity index (χ0v) is 14.8. The van der Waals surface area contributed by atoms with Crippen LogP contribution in [0.3, 0.4) is 0 Å². The van der Waals surface area contributed by atoms with Gasteiger partial charge in [0, 0.05) is 14.6 Å². The summed E-state index contributed by atoms with van der Waals surface area (Å²) in [6.07, 6.45) is 0. The van der Waals surface area contributed by atoms with Gasteiger partial charge in [-0.05, 0) is 46.3 Å². The third-order valence-corrected chi connectivity index (χ3v) is 4.19. The van der Waals surface area contributed by atoms with Crippen LogP contribution in [-0.4, -0.2) is 13.1 Å². The number of anilines is 3. The molecule has 0 saturated heterocycles. The zero-order valence-electron chi connectivity index (χ0n) is 10.9. The van der Waals surface area contributed by atoms with Crippen molar-refractivity contribution in [2.45, 2.75) is 0 Å². The number of hydrogen-bond donors (Lipinski definition) is 2. The molecule has 0 amide bonds. The smallest absolute Gasteiger partial charge is 0.340 e. The van der Waals surface area contributed by atoms with Crippen molar-refractivity contribution in [3.8, 4) is 0 Å². The van der Waals surface area contributed by atoms with Gasteiger partial charge in [-0.3, -0.25) is 0 Å². The molecule has 7 heteroatoms. The predicted octanol–water partition coefficient (Wildman–Crippen LogP) is 4.98. The van der Waals surface area contributed by atoms with Crippen molar-refractivity contribution >= 4 is 66.5 Å². The summed E-state index contributed by atoms with van der Waals surface area (Å²) < 4.78 is 6.48. The largest absolute Gasteiger partial charge is 0.465 e. The lowest BCUT2D eigenvalue weighted by molar-refractivity contribution is 0.0602. The third kappa shape index (κ3) is 3.70. The number of benzene rings is 2. The van der Waals surface area contributed by atoms with Crippen molar-refractivity contribution in [3.63, 3.8) is 0 Å². The number of carbonyl (C=O) groups is 1. The first-order valence-corrected chi connectivity index (χ1v) is 7.78. The summed E-state index contributed by atoms with van der Waals surface area (Å²) >= 11 is 13.0. The Kier molecular flexibility index (Phi) is 5.13. The molecule has 0 spiro atoms. The van der Waals surface area contributed by atoms with Gasteiger partial charge in [0.25, 0.3) is 0 Å². The number of ether oxygens (including phenoxy) is 1. The summed E-state index contributed by atoms with van der Waals surface area (Å²) in [5.74, 6) is -0.516. The molecule has 0 saturated carbocycles. The molecule has 3 N–H and O–H groups in total. The minimum absolute atomic E-state index is 0.273. The highest BCUT2D eigenvalue weighted by atomic mass is 79.9. The van der Waals surface area contributed by atoms with Crippen LogP contribution in [0, 0.1) is 0 Å². The van der Waals surface area contributed by atoms with E-state index in [2.05, 4.69) is 37.2 Å². The number of carbonyl (C=O) groups excluding carboxylic acids is 1. The molecule has 0 bridgehead atoms. The van der Waals surface area contributed by atoms with E-state index in [-0.39, 0.29) is 5.56 Å². The van der Waals surface area contributed by atoms with Gasteiger partial charge < -0.3 is 15.8 Å². The Balaban J connectivity index is 2.53. The molecule has 0 heterocycles. The number of methoxy groups -OCH3 is 1. The molecule has 2 aromatic rings. The zero-order chi connectivity index (χ0) is 15.6. The molecule has 0 radical (unpaired) electrons. The summed E-state index contributed by atoms with van der Waals surface area (Å²) in [6, 6.07) is 8.71. The molecular formula is C14H11Br2ClN2O2. The van der Waals surface area contributed by atoms with Crippen LogP contribution in [0.15, 0.2) is 39.3 Å². The lowest BCUT2D eigenvalue weighted by Gasteiger charge is -2.15. The van der Waals surface area contributed by atoms with Crippen molar-refractivity contribution in [1.29, 1.82) is 0 Å². The number of nitrogens with two attached hydrogens (primary N) is 1. The molecule has 0 fully saturated rings. The average Bonchev–Trinajstić information content (AvgIpc) is 2.44. The van der Waals surface area contributed by atoms with Crippen LogP contribution in [0.1, 0.15) is 10.4 Å². The van der Waals surface area contributed by atoms with E-state index in [1.807, 2.05) is 18.2 Å². The Morgan fingerprint density at radius 2 is 2.00 bits per heavy atom. The fraction of sp³-hybridized carbons (Fsp3) is 0.0714. The number of esters is 1. The van der Waals surface area contributed by atoms with Crippen LogP contribution < -0.4 is 11.1 Å². The van der Waals surface area contributed by atoms with E-state index in [9.17, 15) is 4.79 Å². The molecule has 110 valence electrons. The van der Waals surface area contributed by atoms with Crippen molar-refractivity contribution in [1.82, 2.24) is 0 Å². The molecule has 4 nitrogen and oxygen atoms in total. The van der Waals surface area contributed by atoms with E-state index in [1.165, 1.54) is 13.2 Å². The number of halogens is 3. The molecule has 2 aromatic carbocycles. The number of rotatable bonds is 3. The maximum Gasteiger partial charge on any atom is 0.340 e. The van der Waals surface area contributed by atoms with Crippen LogP contribution in [0.4, 0.5) is 17.1 Å². The van der Waals surface area contributed by atoms with Crippen LogP contribution >= 0.6 is 43.5 Å². The molecule has 0 atom stereocenters. The maximum atomic E-state index is 11.9. The molecule has 0 unspecified atom stereocenters. The first-order valence-electron chi connectivity index (χ1n) is 5.81. The molecule has 2 rings (SSSR count). The quantitative estimate of drug-likeness (QED) is 0.528. The molecule has 21 heavy (non-hydrogen) atoms. The van der Waals surface area contributed by atoms with Gasteiger partial charge in [0.1, 0.15) is 0 Å². The van der Waals surface area contributed by atoms with Crippen LogP contribution in [0.2, 0.25) is 5.02 Å². The molecule has 0 aliphatic rings. The molecular weight excluding hydrogens is 423 g/mol. The normalized spacial score (nSPS) is 10.3. The van der Waals surface area contributed by atoms with Gasteiger partial charge in [0.15, 0.2) is 0 Å². The van der Waals surface area contributed by atoms with Crippen molar-refractivity contribution < 1.29 is 9.53 Å². The number of nitrogens with one attached hydrogen (secondary N) is 1. The second-order valence-electron chi connectivity index (χ2n) is 4.17. The number of hydrogen-bond acceptors (Lipinski definition) is 4. The summed E-state index contributed by atoms with van der Waals surface area (Å²) in [5, 5.41) is 3.46. The minimum atomic E-state index is -0.516. The van der Waals surface area contributed by atoms with Crippen molar-refractivity contribution in [3.05, 3.63) is 49.9 Å². The van der Waals surface area contributed by atoms with E-state index in [1.54, 1.807) is 6.07 Å². The minimum Gasteiger partial charge on any atom is -0.465 e. The molecule has 0 aliphatic carbocycles. The fourth-order valence-corrected chi connectivity index (χ4v) is 2.74. The van der Waals surface area contributed by atoms with Gasteiger partial charge in [-0.15, -0.1) is 0 Å². The van der Waals surface area contributed by atoms with E-state index >= 15 is 0 Å². The van der Waals surface area contributed by atoms with Crippen molar-refractivity contribution in [2.75, 3.05) is 18.2 Å². The van der Waals surface area contributed by atoms with E-state index < -0.39 is 5.97 Å². The van der Waals surface area contributed by atoms with E-state index in [0.717, 1.165) is 14.6 Å². The predicted molar refractivity (Wildman–Crippen MR) is 92.3 cm³/mol. The first-order chi connectivity index (χ1) is 9.92. The second-order valence-corrected chi connectivity index (χ2v) is 6.34. The highest BCUT2D eigenvalue weighted by Gasteiger charge is 2.17. The van der Waals surface area contributed by atoms with Gasteiger partial charge in [0.05, 0.1) is 29.1 Å². The van der Waals surface area contributed by atoms with E-state index in [0.29, 0.717) is 16.4 Å². The standard InChI is InChI=1S/C14H11Br2ClN2O2/c1-21-14(20)9-5-8(18)6-11(17)13(9)19-12-4-7(15)2-3-10(12)16/h2-6,19H,18H2,1H3. The van der Waals surface area contributed by atoms with Crippen molar-refractivity contribution in [2.24, 2.45) is 0 Å². The molecule has 0 aliphatic heterocycles. The van der Waals surface area contributed by atoms with Gasteiger partial charge in [-0.1, -0.05) is 27.5 Å².